The van der Waals surface area contributed by atoms with Crippen molar-refractivity contribution in [1.82, 2.24) is 3.96 Å². The summed E-state index contributed by atoms with van der Waals surface area (Å²) in [4.78, 5) is 11.3. The van der Waals surface area contributed by atoms with E-state index in [1.54, 1.807) is 0 Å². The van der Waals surface area contributed by atoms with Gasteiger partial charge in [-0.25, -0.2) is 17.1 Å². The van der Waals surface area contributed by atoms with E-state index in [1.165, 1.54) is 0 Å². The van der Waals surface area contributed by atoms with E-state index in [1.807, 2.05) is 0 Å². The van der Waals surface area contributed by atoms with Gasteiger partial charge in [0.15, 0.2) is 17.5 Å². The Labute approximate surface area is 96.7 Å². The Morgan fingerprint density at radius 3 is 2.44 bits per heavy atom. The Kier molecular flexibility index (Phi) is 2.77. The predicted molar refractivity (Wildman–Crippen MR) is 54.8 cm³/mol. The molecule has 2 nitrogen and oxygen atoms in total. The molecule has 0 amide bonds. The van der Waals surface area contributed by atoms with Crippen molar-refractivity contribution in [3.63, 3.8) is 0 Å². The first-order chi connectivity index (χ1) is 7.50. The van der Waals surface area contributed by atoms with Crippen molar-refractivity contribution in [2.24, 2.45) is 0 Å². The van der Waals surface area contributed by atoms with Crippen molar-refractivity contribution < 1.29 is 13.2 Å². The third kappa shape index (κ3) is 1.74. The maximum atomic E-state index is 13.3. The summed E-state index contributed by atoms with van der Waals surface area (Å²) in [6, 6.07) is 2.78. The lowest BCUT2D eigenvalue weighted by molar-refractivity contribution is 0.445. The molecule has 2 rings (SSSR count). The van der Waals surface area contributed by atoms with Crippen LogP contribution in [-0.4, -0.2) is 3.96 Å². The zero-order chi connectivity index (χ0) is 11.9. The second-order valence-electron chi connectivity index (χ2n) is 2.87. The third-order valence-corrected chi connectivity index (χ3v) is 3.02. The van der Waals surface area contributed by atoms with Gasteiger partial charge in [0.05, 0.1) is 5.69 Å². The lowest BCUT2D eigenvalue weighted by Crippen LogP contribution is -2.12. The van der Waals surface area contributed by atoms with Crippen LogP contribution >= 0.6 is 23.1 Å². The number of hydrogen-bond donors (Lipinski definition) is 0. The van der Waals surface area contributed by atoms with Gasteiger partial charge in [-0.15, -0.1) is 0 Å². The molecular formula is C9H3ClF3NOS. The second kappa shape index (κ2) is 3.95. The van der Waals surface area contributed by atoms with Gasteiger partial charge in [-0.3, -0.25) is 4.79 Å². The van der Waals surface area contributed by atoms with Crippen molar-refractivity contribution >= 4 is 23.1 Å². The van der Waals surface area contributed by atoms with Crippen molar-refractivity contribution in [2.75, 3.05) is 0 Å². The minimum atomic E-state index is -1.62. The summed E-state index contributed by atoms with van der Waals surface area (Å²) in [6.45, 7) is 0. The molecule has 0 aliphatic rings. The molecule has 1 heterocycles. The standard InChI is InChI=1S/C9H3ClF3NOS/c10-6-3-7(15)14(16-6)5-2-1-4(11)8(12)9(5)13/h1-3H. The van der Waals surface area contributed by atoms with E-state index in [2.05, 4.69) is 0 Å². The Balaban J connectivity index is 2.70. The zero-order valence-electron chi connectivity index (χ0n) is 7.51. The van der Waals surface area contributed by atoms with Gasteiger partial charge in [-0.1, -0.05) is 11.6 Å². The first-order valence-electron chi connectivity index (χ1n) is 4.03. The Morgan fingerprint density at radius 2 is 1.88 bits per heavy atom. The van der Waals surface area contributed by atoms with Crippen LogP contribution in [0.2, 0.25) is 4.34 Å². The molecule has 0 unspecified atom stereocenters. The molecule has 2 aromatic rings. The average Bonchev–Trinajstić information content (AvgIpc) is 2.55. The van der Waals surface area contributed by atoms with E-state index >= 15 is 0 Å². The molecule has 0 aliphatic carbocycles. The zero-order valence-corrected chi connectivity index (χ0v) is 9.08. The van der Waals surface area contributed by atoms with Gasteiger partial charge in [0, 0.05) is 6.07 Å². The lowest BCUT2D eigenvalue weighted by atomic mass is 10.3. The quantitative estimate of drug-likeness (QED) is 0.727. The van der Waals surface area contributed by atoms with E-state index in [4.69, 9.17) is 11.6 Å². The highest BCUT2D eigenvalue weighted by atomic mass is 35.5. The van der Waals surface area contributed by atoms with E-state index in [0.29, 0.717) is 0 Å². The molecule has 0 bridgehead atoms. The molecule has 0 aliphatic heterocycles. The molecule has 0 N–H and O–H groups in total. The smallest absolute Gasteiger partial charge is 0.266 e. The maximum absolute atomic E-state index is 13.3. The van der Waals surface area contributed by atoms with E-state index in [0.717, 1.165) is 33.7 Å². The SMILES string of the molecule is O=c1cc(Cl)sn1-c1ccc(F)c(F)c1F. The summed E-state index contributed by atoms with van der Waals surface area (Å²) in [5, 5.41) is 0. The van der Waals surface area contributed by atoms with E-state index < -0.39 is 23.0 Å². The third-order valence-electron chi connectivity index (χ3n) is 1.85. The van der Waals surface area contributed by atoms with Crippen LogP contribution in [0.4, 0.5) is 13.2 Å². The second-order valence-corrected chi connectivity index (χ2v) is 4.49. The molecule has 0 spiro atoms. The minimum Gasteiger partial charge on any atom is -0.268 e. The molecular weight excluding hydrogens is 263 g/mol. The molecule has 0 radical (unpaired) electrons. The molecule has 0 atom stereocenters. The summed E-state index contributed by atoms with van der Waals surface area (Å²) >= 11 is 6.28. The normalized spacial score (nSPS) is 10.8. The minimum absolute atomic E-state index is 0.133. The monoisotopic (exact) mass is 265 g/mol. The molecule has 1 aromatic heterocycles. The number of benzene rings is 1. The van der Waals surface area contributed by atoms with Crippen molar-refractivity contribution in [2.45, 2.75) is 0 Å². The van der Waals surface area contributed by atoms with Crippen LogP contribution in [0.25, 0.3) is 5.69 Å². The molecule has 0 saturated heterocycles. The van der Waals surface area contributed by atoms with Gasteiger partial charge in [-0.2, -0.15) is 0 Å². The highest BCUT2D eigenvalue weighted by Gasteiger charge is 2.16. The number of halogens is 4. The molecule has 1 aromatic carbocycles. The van der Waals surface area contributed by atoms with E-state index in [9.17, 15) is 18.0 Å². The first-order valence-corrected chi connectivity index (χ1v) is 5.18. The fourth-order valence-corrected chi connectivity index (χ4v) is 2.17. The Morgan fingerprint density at radius 1 is 1.19 bits per heavy atom. The average molecular weight is 266 g/mol. The van der Waals surface area contributed by atoms with Crippen LogP contribution in [0.5, 0.6) is 0 Å². The molecule has 7 heteroatoms. The van der Waals surface area contributed by atoms with Gasteiger partial charge in [0.1, 0.15) is 4.34 Å². The fraction of sp³-hybridized carbons (Fsp3) is 0. The number of nitrogens with zero attached hydrogens (tertiary/aromatic N) is 1. The topological polar surface area (TPSA) is 22.0 Å². The van der Waals surface area contributed by atoms with Gasteiger partial charge in [-0.05, 0) is 23.7 Å². The Bertz CT molecular complexity index is 607. The lowest BCUT2D eigenvalue weighted by Gasteiger charge is -2.03. The predicted octanol–water partition coefficient (Wildman–Crippen LogP) is 2.97. The van der Waals surface area contributed by atoms with Crippen LogP contribution < -0.4 is 5.56 Å². The van der Waals surface area contributed by atoms with Gasteiger partial charge >= 0.3 is 0 Å². The summed E-state index contributed by atoms with van der Waals surface area (Å²) in [7, 11) is 0. The molecule has 0 saturated carbocycles. The number of hydrogen-bond acceptors (Lipinski definition) is 2. The summed E-state index contributed by atoms with van der Waals surface area (Å²) < 4.78 is 39.9. The molecule has 84 valence electrons. The maximum Gasteiger partial charge on any atom is 0.266 e. The van der Waals surface area contributed by atoms with Crippen LogP contribution in [0.3, 0.4) is 0 Å². The highest BCUT2D eigenvalue weighted by molar-refractivity contribution is 7.11. The molecule has 16 heavy (non-hydrogen) atoms. The van der Waals surface area contributed by atoms with Gasteiger partial charge < -0.3 is 0 Å². The largest absolute Gasteiger partial charge is 0.268 e. The van der Waals surface area contributed by atoms with Crippen molar-refractivity contribution in [3.05, 3.63) is 50.3 Å². The molecule has 0 fully saturated rings. The Hall–Kier alpha value is -1.27. The van der Waals surface area contributed by atoms with E-state index in [-0.39, 0.29) is 10.0 Å². The van der Waals surface area contributed by atoms with Crippen LogP contribution in [0.15, 0.2) is 23.0 Å². The summed E-state index contributed by atoms with van der Waals surface area (Å²) in [5.41, 5.74) is -0.958. The first kappa shape index (κ1) is 11.2. The summed E-state index contributed by atoms with van der Waals surface area (Å²) in [5.74, 6) is -4.34. The fourth-order valence-electron chi connectivity index (χ4n) is 1.15. The van der Waals surface area contributed by atoms with Crippen molar-refractivity contribution in [1.29, 1.82) is 0 Å². The van der Waals surface area contributed by atoms with Crippen LogP contribution in [-0.2, 0) is 0 Å². The number of aromatic nitrogens is 1. The van der Waals surface area contributed by atoms with Gasteiger partial charge in [0.25, 0.3) is 5.56 Å². The van der Waals surface area contributed by atoms with Crippen LogP contribution in [0, 0.1) is 17.5 Å². The van der Waals surface area contributed by atoms with Crippen LogP contribution in [0.1, 0.15) is 0 Å². The number of rotatable bonds is 1. The van der Waals surface area contributed by atoms with Crippen molar-refractivity contribution in [3.8, 4) is 5.69 Å². The van der Waals surface area contributed by atoms with Gasteiger partial charge in [0.2, 0.25) is 0 Å². The summed E-state index contributed by atoms with van der Waals surface area (Å²) in [6.07, 6.45) is 0. The highest BCUT2D eigenvalue weighted by Crippen LogP contribution is 2.22.